The molecule has 15 heavy (non-hydrogen) atoms. The van der Waals surface area contributed by atoms with Gasteiger partial charge in [0.05, 0.1) is 0 Å². The number of alkyl carbamates (subject to hydrolysis) is 1. The van der Waals surface area contributed by atoms with Gasteiger partial charge in [-0.1, -0.05) is 11.6 Å². The van der Waals surface area contributed by atoms with Gasteiger partial charge in [-0.05, 0) is 27.7 Å². The number of ether oxygens (including phenoxy) is 2. The first-order chi connectivity index (χ1) is 6.70. The molecule has 0 aromatic carbocycles. The van der Waals surface area contributed by atoms with Gasteiger partial charge in [0, 0.05) is 0 Å². The minimum Gasteiger partial charge on any atom is -0.445 e. The normalized spacial score (nSPS) is 12.9. The first kappa shape index (κ1) is 14.0. The summed E-state index contributed by atoms with van der Waals surface area (Å²) in [6, 6.07) is 0. The Kier molecular flexibility index (Phi) is 5.43. The highest BCUT2D eigenvalue weighted by Crippen LogP contribution is 2.06. The van der Waals surface area contributed by atoms with Gasteiger partial charge in [0.15, 0.2) is 5.56 Å². The molecule has 0 spiro atoms. The number of hydrogen-bond donors (Lipinski definition) is 1. The average molecular weight is 238 g/mol. The van der Waals surface area contributed by atoms with Crippen molar-refractivity contribution in [3.05, 3.63) is 0 Å². The second-order valence-electron chi connectivity index (χ2n) is 3.89. The van der Waals surface area contributed by atoms with Gasteiger partial charge < -0.3 is 14.8 Å². The van der Waals surface area contributed by atoms with E-state index in [2.05, 4.69) is 10.1 Å². The zero-order valence-electron chi connectivity index (χ0n) is 9.30. The molecule has 0 bridgehead atoms. The summed E-state index contributed by atoms with van der Waals surface area (Å²) in [4.78, 5) is 22.0. The van der Waals surface area contributed by atoms with Crippen LogP contribution in [0.15, 0.2) is 0 Å². The van der Waals surface area contributed by atoms with Gasteiger partial charge in [-0.25, -0.2) is 4.79 Å². The quantitative estimate of drug-likeness (QED) is 0.599. The van der Waals surface area contributed by atoms with E-state index in [1.165, 1.54) is 6.92 Å². The summed E-state index contributed by atoms with van der Waals surface area (Å²) in [5, 5.41) is 2.25. The van der Waals surface area contributed by atoms with Crippen LogP contribution in [0.2, 0.25) is 0 Å². The lowest BCUT2D eigenvalue weighted by Crippen LogP contribution is -2.36. The SMILES string of the molecule is CC(Cl)OC(=O)CNC(=O)OC(C)(C)C. The van der Waals surface area contributed by atoms with Crippen LogP contribution in [-0.2, 0) is 14.3 Å². The van der Waals surface area contributed by atoms with E-state index in [0.717, 1.165) is 0 Å². The number of rotatable bonds is 3. The van der Waals surface area contributed by atoms with Crippen molar-refractivity contribution < 1.29 is 19.1 Å². The van der Waals surface area contributed by atoms with Crippen LogP contribution in [0.3, 0.4) is 0 Å². The minimum absolute atomic E-state index is 0.258. The topological polar surface area (TPSA) is 64.6 Å². The number of esters is 1. The van der Waals surface area contributed by atoms with Crippen LogP contribution in [-0.4, -0.2) is 29.8 Å². The fraction of sp³-hybridized carbons (Fsp3) is 0.778. The lowest BCUT2D eigenvalue weighted by Gasteiger charge is -2.19. The van der Waals surface area contributed by atoms with E-state index in [0.29, 0.717) is 0 Å². The molecule has 0 aromatic heterocycles. The summed E-state index contributed by atoms with van der Waals surface area (Å²) >= 11 is 5.41. The average Bonchev–Trinajstić information content (AvgIpc) is 1.96. The Balaban J connectivity index is 3.77. The van der Waals surface area contributed by atoms with Gasteiger partial charge >= 0.3 is 12.1 Å². The number of carbonyl (C=O) groups excluding carboxylic acids is 2. The Morgan fingerprint density at radius 3 is 2.33 bits per heavy atom. The highest BCUT2D eigenvalue weighted by molar-refractivity contribution is 6.20. The summed E-state index contributed by atoms with van der Waals surface area (Å²) in [5.41, 5.74) is -1.30. The van der Waals surface area contributed by atoms with Gasteiger partial charge in [-0.2, -0.15) is 0 Å². The molecule has 1 amide bonds. The van der Waals surface area contributed by atoms with Crippen molar-refractivity contribution in [2.75, 3.05) is 6.54 Å². The number of nitrogens with one attached hydrogen (secondary N) is 1. The molecule has 5 nitrogen and oxygen atoms in total. The summed E-state index contributed by atoms with van der Waals surface area (Å²) in [7, 11) is 0. The summed E-state index contributed by atoms with van der Waals surface area (Å²) < 4.78 is 9.49. The largest absolute Gasteiger partial charge is 0.445 e. The molecule has 0 aromatic rings. The van der Waals surface area contributed by atoms with E-state index in [-0.39, 0.29) is 6.54 Å². The molecule has 0 rings (SSSR count). The van der Waals surface area contributed by atoms with Gasteiger partial charge in [0.1, 0.15) is 12.1 Å². The third-order valence-electron chi connectivity index (χ3n) is 1.07. The second kappa shape index (κ2) is 5.80. The van der Waals surface area contributed by atoms with Gasteiger partial charge in [0.2, 0.25) is 0 Å². The molecule has 1 unspecified atom stereocenters. The van der Waals surface area contributed by atoms with E-state index < -0.39 is 23.2 Å². The summed E-state index contributed by atoms with van der Waals surface area (Å²) in [5.74, 6) is -0.608. The van der Waals surface area contributed by atoms with Crippen molar-refractivity contribution in [1.82, 2.24) is 5.32 Å². The van der Waals surface area contributed by atoms with Crippen LogP contribution in [0.25, 0.3) is 0 Å². The molecule has 0 fully saturated rings. The number of carbonyl (C=O) groups is 2. The predicted octanol–water partition coefficient (Wildman–Crippen LogP) is 1.64. The molecule has 0 aliphatic rings. The van der Waals surface area contributed by atoms with Crippen LogP contribution in [0, 0.1) is 0 Å². The zero-order valence-corrected chi connectivity index (χ0v) is 10.1. The minimum atomic E-state index is -0.710. The maximum absolute atomic E-state index is 11.1. The van der Waals surface area contributed by atoms with Gasteiger partial charge in [-0.15, -0.1) is 0 Å². The Labute approximate surface area is 94.1 Å². The molecule has 0 aliphatic carbocycles. The molecule has 1 N–H and O–H groups in total. The van der Waals surface area contributed by atoms with Crippen LogP contribution in [0.1, 0.15) is 27.7 Å². The Morgan fingerprint density at radius 2 is 1.93 bits per heavy atom. The van der Waals surface area contributed by atoms with E-state index in [1.807, 2.05) is 0 Å². The number of hydrogen-bond acceptors (Lipinski definition) is 4. The monoisotopic (exact) mass is 237 g/mol. The van der Waals surface area contributed by atoms with Crippen molar-refractivity contribution in [1.29, 1.82) is 0 Å². The smallest absolute Gasteiger partial charge is 0.408 e. The lowest BCUT2D eigenvalue weighted by atomic mass is 10.2. The summed E-state index contributed by atoms with van der Waals surface area (Å²) in [6.07, 6.45) is -0.665. The maximum atomic E-state index is 11.1. The van der Waals surface area contributed by atoms with Crippen LogP contribution in [0.4, 0.5) is 4.79 Å². The Hall–Kier alpha value is -0.970. The summed E-state index contributed by atoms with van der Waals surface area (Å²) in [6.45, 7) is 6.43. The van der Waals surface area contributed by atoms with E-state index in [9.17, 15) is 9.59 Å². The number of alkyl halides is 1. The second-order valence-corrected chi connectivity index (χ2v) is 4.50. The Bertz CT molecular complexity index is 235. The molecular weight excluding hydrogens is 222 g/mol. The number of amides is 1. The van der Waals surface area contributed by atoms with Crippen molar-refractivity contribution in [2.24, 2.45) is 0 Å². The zero-order chi connectivity index (χ0) is 12.1. The molecule has 6 heteroatoms. The highest BCUT2D eigenvalue weighted by atomic mass is 35.5. The van der Waals surface area contributed by atoms with Crippen LogP contribution in [0.5, 0.6) is 0 Å². The van der Waals surface area contributed by atoms with Gasteiger partial charge in [0.25, 0.3) is 0 Å². The Morgan fingerprint density at radius 1 is 1.40 bits per heavy atom. The standard InChI is InChI=1S/C9H16ClNO4/c1-6(10)14-7(12)5-11-8(13)15-9(2,3)4/h6H,5H2,1-4H3,(H,11,13). The molecule has 0 aliphatic heterocycles. The molecule has 0 heterocycles. The molecule has 88 valence electrons. The highest BCUT2D eigenvalue weighted by Gasteiger charge is 2.17. The fourth-order valence-corrected chi connectivity index (χ4v) is 0.781. The van der Waals surface area contributed by atoms with Crippen molar-refractivity contribution >= 4 is 23.7 Å². The molecular formula is C9H16ClNO4. The van der Waals surface area contributed by atoms with E-state index in [4.69, 9.17) is 16.3 Å². The molecule has 0 radical (unpaired) electrons. The molecule has 0 saturated carbocycles. The predicted molar refractivity (Wildman–Crippen MR) is 55.6 cm³/mol. The van der Waals surface area contributed by atoms with Gasteiger partial charge in [-0.3, -0.25) is 4.79 Å². The number of halogens is 1. The maximum Gasteiger partial charge on any atom is 0.408 e. The molecule has 0 saturated heterocycles. The lowest BCUT2D eigenvalue weighted by molar-refractivity contribution is -0.143. The van der Waals surface area contributed by atoms with Crippen LogP contribution >= 0.6 is 11.6 Å². The van der Waals surface area contributed by atoms with E-state index in [1.54, 1.807) is 20.8 Å². The van der Waals surface area contributed by atoms with Crippen molar-refractivity contribution in [3.63, 3.8) is 0 Å². The van der Waals surface area contributed by atoms with Crippen molar-refractivity contribution in [2.45, 2.75) is 38.9 Å². The fourth-order valence-electron chi connectivity index (χ4n) is 0.681. The van der Waals surface area contributed by atoms with Crippen LogP contribution < -0.4 is 5.32 Å². The molecule has 1 atom stereocenters. The first-order valence-corrected chi connectivity index (χ1v) is 4.95. The van der Waals surface area contributed by atoms with E-state index >= 15 is 0 Å². The van der Waals surface area contributed by atoms with Crippen molar-refractivity contribution in [3.8, 4) is 0 Å². The first-order valence-electron chi connectivity index (χ1n) is 4.51. The third kappa shape index (κ3) is 9.34. The third-order valence-corrected chi connectivity index (χ3v) is 1.16.